The first-order valence-corrected chi connectivity index (χ1v) is 12.6. The summed E-state index contributed by atoms with van der Waals surface area (Å²) < 4.78 is 40.3. The SMILES string of the molecule is OC(c1cccc(F)c1)(c1cccc(F)c1)c1ccc(CN(Cc2ccsc2)CC2CCCO2)o1. The van der Waals surface area contributed by atoms with Gasteiger partial charge in [-0.25, -0.2) is 8.78 Å². The lowest BCUT2D eigenvalue weighted by atomic mass is 9.84. The van der Waals surface area contributed by atoms with Gasteiger partial charge in [-0.05, 0) is 82.8 Å². The van der Waals surface area contributed by atoms with Crippen LogP contribution >= 0.6 is 11.3 Å². The van der Waals surface area contributed by atoms with Gasteiger partial charge in [-0.2, -0.15) is 11.3 Å². The third kappa shape index (κ3) is 5.38. The van der Waals surface area contributed by atoms with Crippen LogP contribution in [0.15, 0.2) is 81.9 Å². The summed E-state index contributed by atoms with van der Waals surface area (Å²) >= 11 is 1.66. The topological polar surface area (TPSA) is 45.8 Å². The number of aliphatic hydroxyl groups is 1. The van der Waals surface area contributed by atoms with Crippen LogP contribution in [-0.2, 0) is 23.4 Å². The molecule has 2 aromatic carbocycles. The molecule has 0 saturated carbocycles. The first kappa shape index (κ1) is 23.9. The molecule has 0 radical (unpaired) electrons. The Hall–Kier alpha value is -2.84. The van der Waals surface area contributed by atoms with E-state index in [-0.39, 0.29) is 23.0 Å². The molecule has 1 aliphatic heterocycles. The van der Waals surface area contributed by atoms with Crippen molar-refractivity contribution in [2.45, 2.75) is 37.6 Å². The molecule has 182 valence electrons. The Balaban J connectivity index is 1.46. The molecule has 4 aromatic rings. The van der Waals surface area contributed by atoms with E-state index in [4.69, 9.17) is 9.15 Å². The monoisotopic (exact) mass is 495 g/mol. The predicted octanol–water partition coefficient (Wildman–Crippen LogP) is 6.08. The highest BCUT2D eigenvalue weighted by Gasteiger charge is 2.38. The minimum absolute atomic E-state index is 0.180. The van der Waals surface area contributed by atoms with E-state index < -0.39 is 17.2 Å². The van der Waals surface area contributed by atoms with Crippen LogP contribution in [0.2, 0.25) is 0 Å². The fourth-order valence-electron chi connectivity index (χ4n) is 4.66. The highest BCUT2D eigenvalue weighted by atomic mass is 32.1. The smallest absolute Gasteiger partial charge is 0.173 e. The molecule has 4 nitrogen and oxygen atoms in total. The second-order valence-corrected chi connectivity index (χ2v) is 9.71. The van der Waals surface area contributed by atoms with Gasteiger partial charge in [0.25, 0.3) is 0 Å². The highest BCUT2D eigenvalue weighted by molar-refractivity contribution is 7.07. The summed E-state index contributed by atoms with van der Waals surface area (Å²) in [7, 11) is 0. The van der Waals surface area contributed by atoms with E-state index in [9.17, 15) is 13.9 Å². The molecular weight excluding hydrogens is 468 g/mol. The molecule has 35 heavy (non-hydrogen) atoms. The van der Waals surface area contributed by atoms with E-state index in [0.29, 0.717) is 12.3 Å². The van der Waals surface area contributed by atoms with Crippen molar-refractivity contribution in [3.05, 3.63) is 117 Å². The second-order valence-electron chi connectivity index (χ2n) is 8.93. The number of hydrogen-bond donors (Lipinski definition) is 1. The maximum atomic E-state index is 14.1. The molecule has 1 aliphatic rings. The molecule has 0 aliphatic carbocycles. The standard InChI is InChI=1S/C28H27F2NO3S/c29-23-6-1-4-21(14-23)28(32,22-5-2-7-24(30)15-22)27-10-9-26(34-27)18-31(16-20-11-13-35-19-20)17-25-8-3-12-33-25/h1-2,4-7,9-11,13-15,19,25,32H,3,8,12,16-18H2. The van der Waals surface area contributed by atoms with E-state index in [1.807, 2.05) is 6.07 Å². The maximum Gasteiger partial charge on any atom is 0.173 e. The molecular formula is C28H27F2NO3S. The molecule has 1 fully saturated rings. The van der Waals surface area contributed by atoms with Crippen LogP contribution in [0, 0.1) is 11.6 Å². The largest absolute Gasteiger partial charge is 0.461 e. The summed E-state index contributed by atoms with van der Waals surface area (Å²) in [6.45, 7) is 2.82. The molecule has 1 N–H and O–H groups in total. The van der Waals surface area contributed by atoms with Crippen molar-refractivity contribution in [3.8, 4) is 0 Å². The first-order valence-electron chi connectivity index (χ1n) is 11.7. The van der Waals surface area contributed by atoms with Gasteiger partial charge in [-0.1, -0.05) is 24.3 Å². The fourth-order valence-corrected chi connectivity index (χ4v) is 5.32. The molecule has 1 atom stereocenters. The average Bonchev–Trinajstić information content (AvgIpc) is 3.62. The Bertz CT molecular complexity index is 1210. The van der Waals surface area contributed by atoms with E-state index in [2.05, 4.69) is 21.7 Å². The van der Waals surface area contributed by atoms with Crippen molar-refractivity contribution in [2.24, 2.45) is 0 Å². The number of thiophene rings is 1. The van der Waals surface area contributed by atoms with Gasteiger partial charge in [0.15, 0.2) is 5.60 Å². The number of furan rings is 1. The van der Waals surface area contributed by atoms with E-state index >= 15 is 0 Å². The van der Waals surface area contributed by atoms with Gasteiger partial charge in [-0.3, -0.25) is 4.90 Å². The van der Waals surface area contributed by atoms with Gasteiger partial charge >= 0.3 is 0 Å². The van der Waals surface area contributed by atoms with E-state index in [1.54, 1.807) is 29.5 Å². The van der Waals surface area contributed by atoms with Crippen molar-refractivity contribution >= 4 is 11.3 Å². The molecule has 0 amide bonds. The lowest BCUT2D eigenvalue weighted by Crippen LogP contribution is -2.31. The molecule has 3 heterocycles. The van der Waals surface area contributed by atoms with Crippen molar-refractivity contribution in [1.29, 1.82) is 0 Å². The summed E-state index contributed by atoms with van der Waals surface area (Å²) in [5.74, 6) is -0.138. The zero-order valence-electron chi connectivity index (χ0n) is 19.2. The minimum Gasteiger partial charge on any atom is -0.461 e. The Morgan fingerprint density at radius 1 is 0.971 bits per heavy atom. The van der Waals surface area contributed by atoms with Crippen LogP contribution in [-0.4, -0.2) is 29.3 Å². The number of nitrogens with zero attached hydrogens (tertiary/aromatic N) is 1. The van der Waals surface area contributed by atoms with Gasteiger partial charge in [0, 0.05) is 19.7 Å². The van der Waals surface area contributed by atoms with Crippen molar-refractivity contribution in [3.63, 3.8) is 0 Å². The van der Waals surface area contributed by atoms with Crippen LogP contribution in [0.1, 0.15) is 41.1 Å². The fraction of sp³-hybridized carbons (Fsp3) is 0.286. The third-order valence-corrected chi connectivity index (χ3v) is 7.09. The van der Waals surface area contributed by atoms with Gasteiger partial charge < -0.3 is 14.3 Å². The van der Waals surface area contributed by atoms with Crippen LogP contribution < -0.4 is 0 Å². The zero-order valence-corrected chi connectivity index (χ0v) is 20.0. The van der Waals surface area contributed by atoms with E-state index in [0.717, 1.165) is 32.5 Å². The Morgan fingerprint density at radius 3 is 2.31 bits per heavy atom. The Kier molecular flexibility index (Phi) is 7.11. The number of hydrogen-bond acceptors (Lipinski definition) is 5. The Labute approximate surface area is 207 Å². The quantitative estimate of drug-likeness (QED) is 0.306. The van der Waals surface area contributed by atoms with E-state index in [1.165, 1.54) is 42.0 Å². The van der Waals surface area contributed by atoms with Gasteiger partial charge in [-0.15, -0.1) is 0 Å². The summed E-state index contributed by atoms with van der Waals surface area (Å²) in [6, 6.07) is 16.9. The van der Waals surface area contributed by atoms with Crippen LogP contribution in [0.25, 0.3) is 0 Å². The van der Waals surface area contributed by atoms with Crippen LogP contribution in [0.3, 0.4) is 0 Å². The zero-order chi connectivity index (χ0) is 24.3. The molecule has 7 heteroatoms. The van der Waals surface area contributed by atoms with Gasteiger partial charge in [0.1, 0.15) is 23.2 Å². The number of benzene rings is 2. The summed E-state index contributed by atoms with van der Waals surface area (Å²) in [5.41, 5.74) is -0.109. The van der Waals surface area contributed by atoms with Crippen molar-refractivity contribution in [1.82, 2.24) is 4.90 Å². The first-order chi connectivity index (χ1) is 17.0. The number of rotatable bonds is 9. The normalized spacial score (nSPS) is 16.3. The molecule has 5 rings (SSSR count). The Morgan fingerprint density at radius 2 is 1.71 bits per heavy atom. The summed E-state index contributed by atoms with van der Waals surface area (Å²) in [6.07, 6.45) is 2.28. The predicted molar refractivity (Wildman–Crippen MR) is 131 cm³/mol. The molecule has 0 bridgehead atoms. The minimum atomic E-state index is -1.85. The third-order valence-electron chi connectivity index (χ3n) is 6.35. The number of halogens is 2. The molecule has 1 saturated heterocycles. The van der Waals surface area contributed by atoms with Crippen molar-refractivity contribution in [2.75, 3.05) is 13.2 Å². The van der Waals surface area contributed by atoms with Crippen molar-refractivity contribution < 1.29 is 23.0 Å². The average molecular weight is 496 g/mol. The van der Waals surface area contributed by atoms with Crippen LogP contribution in [0.4, 0.5) is 8.78 Å². The number of ether oxygens (including phenoxy) is 1. The molecule has 2 aromatic heterocycles. The van der Waals surface area contributed by atoms with Gasteiger partial charge in [0.05, 0.1) is 12.6 Å². The van der Waals surface area contributed by atoms with Crippen LogP contribution in [0.5, 0.6) is 0 Å². The lowest BCUT2D eigenvalue weighted by Gasteiger charge is -2.28. The lowest BCUT2D eigenvalue weighted by molar-refractivity contribution is 0.0630. The highest BCUT2D eigenvalue weighted by Crippen LogP contribution is 2.38. The molecule has 0 spiro atoms. The summed E-state index contributed by atoms with van der Waals surface area (Å²) in [4.78, 5) is 2.27. The maximum absolute atomic E-state index is 14.1. The summed E-state index contributed by atoms with van der Waals surface area (Å²) in [5, 5.41) is 16.1. The second kappa shape index (κ2) is 10.4. The molecule has 1 unspecified atom stereocenters. The van der Waals surface area contributed by atoms with Gasteiger partial charge in [0.2, 0.25) is 0 Å².